The van der Waals surface area contributed by atoms with Crippen LogP contribution in [-0.4, -0.2) is 28.9 Å². The number of carbonyl (C=O) groups excluding carboxylic acids is 3. The van der Waals surface area contributed by atoms with Gasteiger partial charge in [-0.1, -0.05) is 63.9 Å². The minimum absolute atomic E-state index is 0.102. The number of barbiturate groups is 1. The van der Waals surface area contributed by atoms with Crippen LogP contribution in [0.2, 0.25) is 0 Å². The zero-order chi connectivity index (χ0) is 20.4. The van der Waals surface area contributed by atoms with Gasteiger partial charge in [0, 0.05) is 0 Å². The van der Waals surface area contributed by atoms with Crippen LogP contribution in [0, 0.1) is 5.92 Å². The number of benzene rings is 1. The highest BCUT2D eigenvalue weighted by molar-refractivity contribution is 6.22. The van der Waals surface area contributed by atoms with E-state index in [9.17, 15) is 19.2 Å². The first-order valence-electron chi connectivity index (χ1n) is 9.28. The van der Waals surface area contributed by atoms with Gasteiger partial charge in [-0.05, 0) is 24.8 Å². The molecule has 2 rings (SSSR count). The number of nitrogens with one attached hydrogen (secondary N) is 2. The zero-order valence-corrected chi connectivity index (χ0v) is 16.1. The van der Waals surface area contributed by atoms with Crippen LogP contribution in [0.5, 0.6) is 0 Å². The van der Waals surface area contributed by atoms with Crippen LogP contribution < -0.4 is 10.6 Å². The molecule has 0 bridgehead atoms. The van der Waals surface area contributed by atoms with Gasteiger partial charge in [-0.15, -0.1) is 0 Å². The Hall–Kier alpha value is -2.70. The first kappa shape index (κ1) is 22.3. The molecule has 148 valence electrons. The summed E-state index contributed by atoms with van der Waals surface area (Å²) in [5.41, 5.74) is -0.722. The van der Waals surface area contributed by atoms with Crippen molar-refractivity contribution < 1.29 is 24.3 Å². The molecule has 1 aliphatic heterocycles. The van der Waals surface area contributed by atoms with Gasteiger partial charge in [0.2, 0.25) is 11.8 Å². The molecule has 1 aliphatic rings. The highest BCUT2D eigenvalue weighted by atomic mass is 16.4. The molecular formula is C20H28N2O5. The van der Waals surface area contributed by atoms with Crippen LogP contribution in [0.3, 0.4) is 0 Å². The fraction of sp³-hybridized carbons (Fsp3) is 0.500. The molecule has 0 atom stereocenters. The van der Waals surface area contributed by atoms with Crippen molar-refractivity contribution in [1.29, 1.82) is 0 Å². The van der Waals surface area contributed by atoms with E-state index in [4.69, 9.17) is 5.11 Å². The van der Waals surface area contributed by atoms with Gasteiger partial charge < -0.3 is 5.11 Å². The second-order valence-corrected chi connectivity index (χ2v) is 6.47. The van der Waals surface area contributed by atoms with Gasteiger partial charge in [-0.3, -0.25) is 25.0 Å². The number of imide groups is 2. The summed E-state index contributed by atoms with van der Waals surface area (Å²) in [6.45, 7) is 5.78. The molecule has 0 unspecified atom stereocenters. The van der Waals surface area contributed by atoms with Gasteiger partial charge >= 0.3 is 12.0 Å². The summed E-state index contributed by atoms with van der Waals surface area (Å²) >= 11 is 0. The van der Waals surface area contributed by atoms with E-state index in [0.29, 0.717) is 12.0 Å². The van der Waals surface area contributed by atoms with Crippen LogP contribution in [0.1, 0.15) is 58.4 Å². The van der Waals surface area contributed by atoms with Crippen molar-refractivity contribution in [3.05, 3.63) is 35.9 Å². The lowest BCUT2D eigenvalue weighted by atomic mass is 9.75. The summed E-state index contributed by atoms with van der Waals surface area (Å²) in [4.78, 5) is 45.5. The average molecular weight is 376 g/mol. The van der Waals surface area contributed by atoms with Crippen molar-refractivity contribution in [1.82, 2.24) is 10.6 Å². The third-order valence-electron chi connectivity index (χ3n) is 4.65. The van der Waals surface area contributed by atoms with Crippen molar-refractivity contribution in [3.63, 3.8) is 0 Å². The Bertz CT molecular complexity index is 646. The normalized spacial score (nSPS) is 15.5. The molecule has 1 saturated heterocycles. The molecule has 0 radical (unpaired) electrons. The van der Waals surface area contributed by atoms with Crippen LogP contribution >= 0.6 is 0 Å². The lowest BCUT2D eigenvalue weighted by Gasteiger charge is -2.33. The number of carboxylic acid groups (broad SMARTS) is 1. The summed E-state index contributed by atoms with van der Waals surface area (Å²) in [6, 6.07) is 7.96. The lowest BCUT2D eigenvalue weighted by molar-refractivity contribution is -0.142. The first-order chi connectivity index (χ1) is 12.8. The van der Waals surface area contributed by atoms with Crippen molar-refractivity contribution >= 4 is 23.8 Å². The molecule has 3 N–H and O–H groups in total. The Kier molecular flexibility index (Phi) is 8.65. The Morgan fingerprint density at radius 3 is 1.81 bits per heavy atom. The van der Waals surface area contributed by atoms with E-state index >= 15 is 0 Å². The topological polar surface area (TPSA) is 113 Å². The highest BCUT2D eigenvalue weighted by Gasteiger charge is 2.50. The second-order valence-electron chi connectivity index (χ2n) is 6.47. The quantitative estimate of drug-likeness (QED) is 0.633. The fourth-order valence-corrected chi connectivity index (χ4v) is 3.15. The molecule has 4 amide bonds. The number of carbonyl (C=O) groups is 4. The largest absolute Gasteiger partial charge is 0.481 e. The molecule has 1 aromatic carbocycles. The van der Waals surface area contributed by atoms with E-state index in [-0.39, 0.29) is 5.92 Å². The molecule has 0 aromatic heterocycles. The van der Waals surface area contributed by atoms with E-state index in [1.54, 1.807) is 37.3 Å². The predicted molar refractivity (Wildman–Crippen MR) is 101 cm³/mol. The number of aliphatic carboxylic acids is 1. The highest BCUT2D eigenvalue weighted by Crippen LogP contribution is 2.30. The zero-order valence-electron chi connectivity index (χ0n) is 16.1. The molecule has 0 aliphatic carbocycles. The maximum absolute atomic E-state index is 12.0. The summed E-state index contributed by atoms with van der Waals surface area (Å²) in [5, 5.41) is 12.9. The van der Waals surface area contributed by atoms with Crippen molar-refractivity contribution in [2.24, 2.45) is 5.92 Å². The molecule has 27 heavy (non-hydrogen) atoms. The van der Waals surface area contributed by atoms with Crippen molar-refractivity contribution in [2.75, 3.05) is 0 Å². The number of carboxylic acids is 1. The van der Waals surface area contributed by atoms with Crippen LogP contribution in [0.15, 0.2) is 30.3 Å². The number of urea groups is 1. The minimum Gasteiger partial charge on any atom is -0.481 e. The Balaban J connectivity index is 0.000000314. The van der Waals surface area contributed by atoms with E-state index in [2.05, 4.69) is 10.6 Å². The van der Waals surface area contributed by atoms with E-state index in [1.165, 1.54) is 0 Å². The third-order valence-corrected chi connectivity index (χ3v) is 4.65. The molecular weight excluding hydrogens is 348 g/mol. The van der Waals surface area contributed by atoms with Crippen molar-refractivity contribution in [3.8, 4) is 0 Å². The number of rotatable bonds is 7. The first-order valence-corrected chi connectivity index (χ1v) is 9.28. The average Bonchev–Trinajstić information content (AvgIpc) is 2.63. The fourth-order valence-electron chi connectivity index (χ4n) is 3.15. The maximum Gasteiger partial charge on any atom is 0.328 e. The number of hydrogen-bond acceptors (Lipinski definition) is 4. The van der Waals surface area contributed by atoms with Crippen molar-refractivity contribution in [2.45, 2.75) is 58.3 Å². The lowest BCUT2D eigenvalue weighted by Crippen LogP contribution is -2.64. The molecule has 1 heterocycles. The molecule has 1 aromatic rings. The van der Waals surface area contributed by atoms with Crippen LogP contribution in [-0.2, 0) is 19.8 Å². The third kappa shape index (κ3) is 5.39. The Morgan fingerprint density at radius 1 is 0.963 bits per heavy atom. The monoisotopic (exact) mass is 376 g/mol. The summed E-state index contributed by atoms with van der Waals surface area (Å²) in [7, 11) is 0. The van der Waals surface area contributed by atoms with E-state index in [0.717, 1.165) is 25.7 Å². The molecule has 1 fully saturated rings. The number of amides is 4. The van der Waals surface area contributed by atoms with Crippen LogP contribution in [0.4, 0.5) is 4.79 Å². The van der Waals surface area contributed by atoms with Gasteiger partial charge in [0.15, 0.2) is 5.41 Å². The summed E-state index contributed by atoms with van der Waals surface area (Å²) in [6.07, 6.45) is 3.88. The second kappa shape index (κ2) is 10.4. The van der Waals surface area contributed by atoms with E-state index in [1.807, 2.05) is 13.8 Å². The van der Waals surface area contributed by atoms with Gasteiger partial charge in [0.25, 0.3) is 0 Å². The molecule has 7 nitrogen and oxygen atoms in total. The molecule has 7 heteroatoms. The van der Waals surface area contributed by atoms with Gasteiger partial charge in [-0.2, -0.15) is 0 Å². The standard InChI is InChI=1S/C12H12N2O3.C8H16O2/c1-2-12(8-6-4-3-5-7-8)9(15)13-11(17)14-10(12)16;1-3-5-7(6-4-2)8(9)10/h3-7H,2H2,1H3,(H2,13,14,15,16,17);7H,3-6H2,1-2H3,(H,9,10). The number of hydrogen-bond donors (Lipinski definition) is 3. The van der Waals surface area contributed by atoms with Gasteiger partial charge in [-0.25, -0.2) is 4.79 Å². The van der Waals surface area contributed by atoms with E-state index < -0.39 is 29.2 Å². The minimum atomic E-state index is -1.31. The molecule has 0 spiro atoms. The smallest absolute Gasteiger partial charge is 0.328 e. The predicted octanol–water partition coefficient (Wildman–Crippen LogP) is 2.99. The summed E-state index contributed by atoms with van der Waals surface area (Å²) in [5.74, 6) is -1.88. The van der Waals surface area contributed by atoms with Gasteiger partial charge in [0.05, 0.1) is 5.92 Å². The Morgan fingerprint density at radius 2 is 1.44 bits per heavy atom. The molecule has 0 saturated carbocycles. The SMILES string of the molecule is CCC1(c2ccccc2)C(=O)NC(=O)NC1=O.CCCC(CCC)C(=O)O. The maximum atomic E-state index is 12.0. The van der Waals surface area contributed by atoms with Crippen LogP contribution in [0.25, 0.3) is 0 Å². The summed E-state index contributed by atoms with van der Waals surface area (Å²) < 4.78 is 0. The van der Waals surface area contributed by atoms with Gasteiger partial charge in [0.1, 0.15) is 0 Å². The Labute approximate surface area is 159 Å².